The number of ether oxygens (including phenoxy) is 2. The summed E-state index contributed by atoms with van der Waals surface area (Å²) in [5, 5.41) is 10.7. The largest absolute Gasteiger partial charge is 0.491 e. The Labute approximate surface area is 232 Å². The maximum absolute atomic E-state index is 13.7. The normalized spacial score (nSPS) is 12.1. The smallest absolute Gasteiger partial charge is 0.408 e. The average molecular weight is 563 g/mol. The number of carboxylic acid groups (broad SMARTS) is 1. The Morgan fingerprint density at radius 1 is 1.02 bits per heavy atom. The zero-order chi connectivity index (χ0) is 29.7. The van der Waals surface area contributed by atoms with Crippen molar-refractivity contribution in [3.63, 3.8) is 0 Å². The number of alkyl halides is 3. The summed E-state index contributed by atoms with van der Waals surface area (Å²) in [7, 11) is 0. The molecule has 0 fully saturated rings. The molecule has 0 atom stereocenters. The number of hydrogen-bond acceptors (Lipinski definition) is 4. The zero-order valence-corrected chi connectivity index (χ0v) is 23.5. The van der Waals surface area contributed by atoms with Crippen LogP contribution in [0.2, 0.25) is 0 Å². The molecule has 0 saturated carbocycles. The molecule has 218 valence electrons. The summed E-state index contributed by atoms with van der Waals surface area (Å²) in [6, 6.07) is 14.4. The average Bonchev–Trinajstić information content (AvgIpc) is 2.85. The van der Waals surface area contributed by atoms with Crippen LogP contribution < -0.4 is 15.0 Å². The molecule has 1 aromatic heterocycles. The van der Waals surface area contributed by atoms with E-state index >= 15 is 0 Å². The quantitative estimate of drug-likeness (QED) is 0.249. The summed E-state index contributed by atoms with van der Waals surface area (Å²) < 4.78 is 52.0. The minimum atomic E-state index is -4.34. The van der Waals surface area contributed by atoms with Gasteiger partial charge in [0.1, 0.15) is 18.1 Å². The fourth-order valence-electron chi connectivity index (χ4n) is 4.34. The molecule has 3 aromatic rings. The van der Waals surface area contributed by atoms with Crippen LogP contribution in [0.25, 0.3) is 10.8 Å². The van der Waals surface area contributed by atoms with Crippen LogP contribution in [0.3, 0.4) is 0 Å². The summed E-state index contributed by atoms with van der Waals surface area (Å²) in [6.45, 7) is 9.10. The molecule has 1 N–H and O–H groups in total. The molecule has 0 bridgehead atoms. The summed E-state index contributed by atoms with van der Waals surface area (Å²) in [6.07, 6.45) is -6.85. The third-order valence-corrected chi connectivity index (χ3v) is 6.29. The molecule has 0 aliphatic rings. The molecule has 0 radical (unpaired) electrons. The van der Waals surface area contributed by atoms with E-state index < -0.39 is 24.2 Å². The Morgan fingerprint density at radius 2 is 1.70 bits per heavy atom. The highest BCUT2D eigenvalue weighted by molar-refractivity contribution is 5.90. The van der Waals surface area contributed by atoms with Crippen LogP contribution in [-0.2, 0) is 19.7 Å². The standard InChI is InChI=1S/C30H37F3N2O5/c1-20(2)17-34-25(18-35(28(37)38)29(3,4)5)26(39-15-9-14-30(31,32)33)24-16-22(12-13-23(24)27(34)36)40-19-21-10-7-6-8-11-21/h6-8,10-13,16,20H,9,14-15,17-19H2,1-5H3,(H,37,38). The molecular weight excluding hydrogens is 525 g/mol. The molecule has 10 heteroatoms. The highest BCUT2D eigenvalue weighted by Gasteiger charge is 2.31. The van der Waals surface area contributed by atoms with Gasteiger partial charge in [0.25, 0.3) is 5.56 Å². The molecule has 0 aliphatic heterocycles. The van der Waals surface area contributed by atoms with Crippen LogP contribution in [0.15, 0.2) is 53.3 Å². The summed E-state index contributed by atoms with van der Waals surface area (Å²) >= 11 is 0. The van der Waals surface area contributed by atoms with E-state index in [-0.39, 0.29) is 55.6 Å². The van der Waals surface area contributed by atoms with E-state index in [1.807, 2.05) is 44.2 Å². The van der Waals surface area contributed by atoms with Gasteiger partial charge in [-0.3, -0.25) is 9.69 Å². The van der Waals surface area contributed by atoms with E-state index in [0.717, 1.165) is 5.56 Å². The van der Waals surface area contributed by atoms with Crippen LogP contribution in [-0.4, -0.2) is 39.0 Å². The van der Waals surface area contributed by atoms with Crippen molar-refractivity contribution in [3.05, 3.63) is 70.1 Å². The highest BCUT2D eigenvalue weighted by atomic mass is 19.4. The molecule has 1 heterocycles. The first kappa shape index (κ1) is 30.8. The van der Waals surface area contributed by atoms with E-state index in [1.165, 1.54) is 9.47 Å². The lowest BCUT2D eigenvalue weighted by atomic mass is 10.0. The van der Waals surface area contributed by atoms with E-state index in [0.29, 0.717) is 16.5 Å². The fraction of sp³-hybridized carbons (Fsp3) is 0.467. The van der Waals surface area contributed by atoms with E-state index in [2.05, 4.69) is 0 Å². The highest BCUT2D eigenvalue weighted by Crippen LogP contribution is 2.34. The first-order valence-electron chi connectivity index (χ1n) is 13.2. The SMILES string of the molecule is CC(C)Cn1c(CN(C(=O)O)C(C)(C)C)c(OCCCC(F)(F)F)c2cc(OCc3ccccc3)ccc2c1=O. The molecule has 2 aromatic carbocycles. The first-order chi connectivity index (χ1) is 18.7. The number of fused-ring (bicyclic) bond motifs is 1. The summed E-state index contributed by atoms with van der Waals surface area (Å²) in [5.41, 5.74) is 0.0562. The molecule has 0 spiro atoms. The van der Waals surface area contributed by atoms with Crippen molar-refractivity contribution in [1.82, 2.24) is 9.47 Å². The number of aromatic nitrogens is 1. The minimum absolute atomic E-state index is 0.0216. The van der Waals surface area contributed by atoms with Gasteiger partial charge >= 0.3 is 12.3 Å². The molecule has 0 unspecified atom stereocenters. The Bertz CT molecular complexity index is 1360. The van der Waals surface area contributed by atoms with Gasteiger partial charge in [0.2, 0.25) is 0 Å². The van der Waals surface area contributed by atoms with Crippen LogP contribution in [0.1, 0.15) is 58.7 Å². The van der Waals surface area contributed by atoms with Crippen molar-refractivity contribution in [2.75, 3.05) is 6.61 Å². The Balaban J connectivity index is 2.18. The first-order valence-corrected chi connectivity index (χ1v) is 13.2. The lowest BCUT2D eigenvalue weighted by Crippen LogP contribution is -2.45. The number of halogens is 3. The van der Waals surface area contributed by atoms with Crippen LogP contribution >= 0.6 is 0 Å². The zero-order valence-electron chi connectivity index (χ0n) is 23.5. The van der Waals surface area contributed by atoms with Gasteiger partial charge in [0, 0.05) is 23.9 Å². The van der Waals surface area contributed by atoms with Crippen molar-refractivity contribution in [1.29, 1.82) is 0 Å². The van der Waals surface area contributed by atoms with Crippen molar-refractivity contribution >= 4 is 16.9 Å². The second kappa shape index (κ2) is 12.7. The third kappa shape index (κ3) is 8.16. The molecule has 40 heavy (non-hydrogen) atoms. The number of carbonyl (C=O) groups is 1. The van der Waals surface area contributed by atoms with Crippen LogP contribution in [0, 0.1) is 5.92 Å². The Hall–Kier alpha value is -3.69. The number of amides is 1. The minimum Gasteiger partial charge on any atom is -0.491 e. The van der Waals surface area contributed by atoms with E-state index in [4.69, 9.17) is 9.47 Å². The van der Waals surface area contributed by atoms with Crippen molar-refractivity contribution in [3.8, 4) is 11.5 Å². The molecule has 1 amide bonds. The van der Waals surface area contributed by atoms with E-state index in [9.17, 15) is 27.9 Å². The van der Waals surface area contributed by atoms with Crippen molar-refractivity contribution in [2.45, 2.75) is 78.9 Å². The number of nitrogens with zero attached hydrogens (tertiary/aromatic N) is 2. The Morgan fingerprint density at radius 3 is 2.27 bits per heavy atom. The maximum atomic E-state index is 13.7. The molecule has 3 rings (SSSR count). The molecule has 0 aliphatic carbocycles. The second-order valence-corrected chi connectivity index (χ2v) is 11.2. The summed E-state index contributed by atoms with van der Waals surface area (Å²) in [5.74, 6) is 0.640. The summed E-state index contributed by atoms with van der Waals surface area (Å²) in [4.78, 5) is 27.2. The van der Waals surface area contributed by atoms with Crippen LogP contribution in [0.4, 0.5) is 18.0 Å². The topological polar surface area (TPSA) is 81.0 Å². The Kier molecular flexibility index (Phi) is 9.76. The second-order valence-electron chi connectivity index (χ2n) is 11.2. The fourth-order valence-corrected chi connectivity index (χ4v) is 4.34. The lowest BCUT2D eigenvalue weighted by molar-refractivity contribution is -0.136. The van der Waals surface area contributed by atoms with Gasteiger partial charge in [-0.2, -0.15) is 13.2 Å². The van der Waals surface area contributed by atoms with Crippen molar-refractivity contribution in [2.24, 2.45) is 5.92 Å². The third-order valence-electron chi connectivity index (χ3n) is 6.29. The lowest BCUT2D eigenvalue weighted by Gasteiger charge is -2.34. The molecular formula is C30H37F3N2O5. The maximum Gasteiger partial charge on any atom is 0.408 e. The predicted octanol–water partition coefficient (Wildman–Crippen LogP) is 7.24. The van der Waals surface area contributed by atoms with Gasteiger partial charge in [-0.1, -0.05) is 44.2 Å². The van der Waals surface area contributed by atoms with Gasteiger partial charge < -0.3 is 19.1 Å². The van der Waals surface area contributed by atoms with E-state index in [1.54, 1.807) is 39.0 Å². The van der Waals surface area contributed by atoms with Gasteiger partial charge in [0.05, 0.1) is 24.2 Å². The predicted molar refractivity (Wildman–Crippen MR) is 148 cm³/mol. The van der Waals surface area contributed by atoms with Gasteiger partial charge in [-0.15, -0.1) is 0 Å². The number of pyridine rings is 1. The van der Waals surface area contributed by atoms with Crippen LogP contribution in [0.5, 0.6) is 11.5 Å². The number of rotatable bonds is 11. The molecule has 0 saturated heterocycles. The van der Waals surface area contributed by atoms with Gasteiger partial charge in [-0.25, -0.2) is 4.79 Å². The number of benzene rings is 2. The van der Waals surface area contributed by atoms with Gasteiger partial charge in [-0.05, 0) is 56.9 Å². The van der Waals surface area contributed by atoms with Crippen molar-refractivity contribution < 1.29 is 32.5 Å². The monoisotopic (exact) mass is 562 g/mol. The molecule has 7 nitrogen and oxygen atoms in total. The number of hydrogen-bond donors (Lipinski definition) is 1. The van der Waals surface area contributed by atoms with Gasteiger partial charge in [0.15, 0.2) is 0 Å².